The van der Waals surface area contributed by atoms with Gasteiger partial charge in [-0.1, -0.05) is 0 Å². The third kappa shape index (κ3) is 5.82. The van der Waals surface area contributed by atoms with Crippen molar-refractivity contribution in [2.24, 2.45) is 0 Å². The van der Waals surface area contributed by atoms with Crippen LogP contribution in [0.4, 0.5) is 17.6 Å². The van der Waals surface area contributed by atoms with Gasteiger partial charge in [0, 0.05) is 12.6 Å². The predicted octanol–water partition coefficient (Wildman–Crippen LogP) is 4.08. The first-order valence-corrected chi connectivity index (χ1v) is 7.31. The molecule has 0 spiro atoms. The Morgan fingerprint density at radius 3 is 2.53 bits per heavy atom. The van der Waals surface area contributed by atoms with Gasteiger partial charge in [0.15, 0.2) is 0 Å². The highest BCUT2D eigenvalue weighted by Crippen LogP contribution is 2.30. The SMILES string of the molecule is CSCCC(C)NCc1cc(F)cc(C(F)(F)F)c1. The highest BCUT2D eigenvalue weighted by Gasteiger charge is 2.31. The minimum Gasteiger partial charge on any atom is -0.310 e. The first-order valence-electron chi connectivity index (χ1n) is 5.92. The second-order valence-electron chi connectivity index (χ2n) is 4.41. The summed E-state index contributed by atoms with van der Waals surface area (Å²) in [4.78, 5) is 0. The average molecular weight is 295 g/mol. The van der Waals surface area contributed by atoms with Gasteiger partial charge in [0.05, 0.1) is 5.56 Å². The van der Waals surface area contributed by atoms with Crippen molar-refractivity contribution < 1.29 is 17.6 Å². The Balaban J connectivity index is 2.66. The van der Waals surface area contributed by atoms with Crippen LogP contribution in [-0.4, -0.2) is 18.1 Å². The molecule has 0 aliphatic heterocycles. The average Bonchev–Trinajstić information content (AvgIpc) is 2.32. The van der Waals surface area contributed by atoms with Crippen molar-refractivity contribution in [1.29, 1.82) is 0 Å². The second-order valence-corrected chi connectivity index (χ2v) is 5.39. The van der Waals surface area contributed by atoms with Crippen LogP contribution in [0.25, 0.3) is 0 Å². The fourth-order valence-corrected chi connectivity index (χ4v) is 2.19. The molecule has 108 valence electrons. The number of thioether (sulfide) groups is 1. The number of alkyl halides is 3. The first-order chi connectivity index (χ1) is 8.82. The summed E-state index contributed by atoms with van der Waals surface area (Å²) in [5.41, 5.74) is -0.635. The van der Waals surface area contributed by atoms with E-state index in [9.17, 15) is 17.6 Å². The normalized spacial score (nSPS) is 13.6. The van der Waals surface area contributed by atoms with Crippen molar-refractivity contribution in [2.75, 3.05) is 12.0 Å². The minimum atomic E-state index is -4.51. The second kappa shape index (κ2) is 7.14. The van der Waals surface area contributed by atoms with Gasteiger partial charge in [0.1, 0.15) is 5.82 Å². The maximum absolute atomic E-state index is 13.2. The largest absolute Gasteiger partial charge is 0.416 e. The van der Waals surface area contributed by atoms with Crippen molar-refractivity contribution in [3.63, 3.8) is 0 Å². The molecule has 0 bridgehead atoms. The molecule has 1 N–H and O–H groups in total. The first kappa shape index (κ1) is 16.3. The van der Waals surface area contributed by atoms with Crippen molar-refractivity contribution in [3.8, 4) is 0 Å². The van der Waals surface area contributed by atoms with Crippen LogP contribution in [0.1, 0.15) is 24.5 Å². The zero-order chi connectivity index (χ0) is 14.5. The Morgan fingerprint density at radius 1 is 1.26 bits per heavy atom. The standard InChI is InChI=1S/C13H17F4NS/c1-9(3-4-19-2)18-8-10-5-11(13(15,16)17)7-12(14)6-10/h5-7,9,18H,3-4,8H2,1-2H3. The van der Waals surface area contributed by atoms with Gasteiger partial charge in [-0.2, -0.15) is 24.9 Å². The number of rotatable bonds is 6. The Hall–Kier alpha value is -0.750. The lowest BCUT2D eigenvalue weighted by Gasteiger charge is -2.14. The van der Waals surface area contributed by atoms with Crippen LogP contribution < -0.4 is 5.32 Å². The van der Waals surface area contributed by atoms with Gasteiger partial charge in [0.2, 0.25) is 0 Å². The van der Waals surface area contributed by atoms with E-state index in [1.807, 2.05) is 13.2 Å². The summed E-state index contributed by atoms with van der Waals surface area (Å²) in [5.74, 6) is 0.119. The minimum absolute atomic E-state index is 0.185. The van der Waals surface area contributed by atoms with E-state index in [0.29, 0.717) is 11.6 Å². The molecule has 1 aromatic carbocycles. The third-order valence-corrected chi connectivity index (χ3v) is 3.34. The number of hydrogen-bond donors (Lipinski definition) is 1. The molecule has 1 rings (SSSR count). The topological polar surface area (TPSA) is 12.0 Å². The van der Waals surface area contributed by atoms with Gasteiger partial charge in [-0.15, -0.1) is 0 Å². The van der Waals surface area contributed by atoms with E-state index < -0.39 is 17.6 Å². The summed E-state index contributed by atoms with van der Waals surface area (Å²) in [6, 6.07) is 2.81. The van der Waals surface area contributed by atoms with E-state index >= 15 is 0 Å². The van der Waals surface area contributed by atoms with Crippen LogP contribution >= 0.6 is 11.8 Å². The molecule has 0 saturated heterocycles. The number of halogens is 4. The molecule has 19 heavy (non-hydrogen) atoms. The van der Waals surface area contributed by atoms with Crippen molar-refractivity contribution >= 4 is 11.8 Å². The molecular formula is C13H17F4NS. The monoisotopic (exact) mass is 295 g/mol. The van der Waals surface area contributed by atoms with Gasteiger partial charge in [-0.25, -0.2) is 4.39 Å². The quantitative estimate of drug-likeness (QED) is 0.794. The third-order valence-electron chi connectivity index (χ3n) is 2.69. The zero-order valence-corrected chi connectivity index (χ0v) is 11.7. The van der Waals surface area contributed by atoms with Gasteiger partial charge >= 0.3 is 6.18 Å². The summed E-state index contributed by atoms with van der Waals surface area (Å²) < 4.78 is 50.7. The Bertz CT molecular complexity index is 406. The maximum Gasteiger partial charge on any atom is 0.416 e. The molecule has 6 heteroatoms. The Kier molecular flexibility index (Phi) is 6.13. The summed E-state index contributed by atoms with van der Waals surface area (Å²) in [5, 5.41) is 3.09. The molecule has 1 atom stereocenters. The highest BCUT2D eigenvalue weighted by atomic mass is 32.2. The van der Waals surface area contributed by atoms with Gasteiger partial charge < -0.3 is 5.32 Å². The number of hydrogen-bond acceptors (Lipinski definition) is 2. The van der Waals surface area contributed by atoms with E-state index in [-0.39, 0.29) is 12.6 Å². The van der Waals surface area contributed by atoms with Crippen LogP contribution in [0.2, 0.25) is 0 Å². The van der Waals surface area contributed by atoms with Crippen LogP contribution in [-0.2, 0) is 12.7 Å². The van der Waals surface area contributed by atoms with Crippen molar-refractivity contribution in [3.05, 3.63) is 35.1 Å². The van der Waals surface area contributed by atoms with Crippen LogP contribution in [0.3, 0.4) is 0 Å². The predicted molar refractivity (Wildman–Crippen MR) is 70.7 cm³/mol. The molecule has 0 aliphatic carbocycles. The van der Waals surface area contributed by atoms with E-state index in [0.717, 1.165) is 24.3 Å². The Labute approximate surface area is 114 Å². The molecule has 0 aromatic heterocycles. The lowest BCUT2D eigenvalue weighted by atomic mass is 10.1. The van der Waals surface area contributed by atoms with Crippen LogP contribution in [0.15, 0.2) is 18.2 Å². The molecular weight excluding hydrogens is 278 g/mol. The lowest BCUT2D eigenvalue weighted by molar-refractivity contribution is -0.137. The van der Waals surface area contributed by atoms with Crippen LogP contribution in [0.5, 0.6) is 0 Å². The summed E-state index contributed by atoms with van der Waals surface area (Å²) in [6.45, 7) is 2.19. The molecule has 1 aromatic rings. The van der Waals surface area contributed by atoms with Crippen molar-refractivity contribution in [2.45, 2.75) is 32.1 Å². The lowest BCUT2D eigenvalue weighted by Crippen LogP contribution is -2.26. The Morgan fingerprint density at radius 2 is 1.95 bits per heavy atom. The number of benzene rings is 1. The molecule has 0 saturated carbocycles. The molecule has 1 unspecified atom stereocenters. The number of nitrogens with one attached hydrogen (secondary N) is 1. The molecule has 0 heterocycles. The molecule has 0 radical (unpaired) electrons. The van der Waals surface area contributed by atoms with E-state index in [1.165, 1.54) is 0 Å². The zero-order valence-electron chi connectivity index (χ0n) is 10.9. The summed E-state index contributed by atoms with van der Waals surface area (Å²) in [6.07, 6.45) is -1.60. The molecule has 0 aliphatic rings. The molecule has 0 amide bonds. The van der Waals surface area contributed by atoms with Gasteiger partial charge in [-0.3, -0.25) is 0 Å². The molecule has 0 fully saturated rings. The van der Waals surface area contributed by atoms with Gasteiger partial charge in [0.25, 0.3) is 0 Å². The smallest absolute Gasteiger partial charge is 0.310 e. The van der Waals surface area contributed by atoms with Gasteiger partial charge in [-0.05, 0) is 49.1 Å². The maximum atomic E-state index is 13.2. The fourth-order valence-electron chi connectivity index (χ4n) is 1.60. The van der Waals surface area contributed by atoms with E-state index in [2.05, 4.69) is 5.32 Å². The highest BCUT2D eigenvalue weighted by molar-refractivity contribution is 7.98. The van der Waals surface area contributed by atoms with E-state index in [4.69, 9.17) is 0 Å². The summed E-state index contributed by atoms with van der Waals surface area (Å²) in [7, 11) is 0. The van der Waals surface area contributed by atoms with Crippen molar-refractivity contribution in [1.82, 2.24) is 5.32 Å². The molecule has 1 nitrogen and oxygen atoms in total. The van der Waals surface area contributed by atoms with E-state index in [1.54, 1.807) is 11.8 Å². The van der Waals surface area contributed by atoms with Crippen LogP contribution in [0, 0.1) is 5.82 Å². The summed E-state index contributed by atoms with van der Waals surface area (Å²) >= 11 is 1.71. The fraction of sp³-hybridized carbons (Fsp3) is 0.538.